The van der Waals surface area contributed by atoms with E-state index in [1.807, 2.05) is 0 Å². The highest BCUT2D eigenvalue weighted by Gasteiger charge is 2.24. The Labute approximate surface area is 122 Å². The van der Waals surface area contributed by atoms with Crippen LogP contribution in [0.2, 0.25) is 0 Å². The van der Waals surface area contributed by atoms with Crippen molar-refractivity contribution in [1.82, 2.24) is 4.98 Å². The van der Waals surface area contributed by atoms with E-state index in [1.165, 1.54) is 18.3 Å². The molecule has 0 unspecified atom stereocenters. The average Bonchev–Trinajstić information content (AvgIpc) is 2.36. The van der Waals surface area contributed by atoms with Crippen LogP contribution in [0, 0.1) is 0 Å². The van der Waals surface area contributed by atoms with Gasteiger partial charge in [0.25, 0.3) is 5.78 Å². The van der Waals surface area contributed by atoms with Crippen molar-refractivity contribution in [2.75, 3.05) is 11.9 Å². The predicted octanol–water partition coefficient (Wildman–Crippen LogP) is 2.17. The van der Waals surface area contributed by atoms with E-state index in [0.717, 1.165) is 0 Å². The summed E-state index contributed by atoms with van der Waals surface area (Å²) in [4.78, 5) is 38.9. The van der Waals surface area contributed by atoms with Gasteiger partial charge in [0.15, 0.2) is 0 Å². The fraction of sp³-hybridized carbons (Fsp3) is 0.429. The van der Waals surface area contributed by atoms with Gasteiger partial charge in [0, 0.05) is 6.20 Å². The number of pyridine rings is 1. The fourth-order valence-electron chi connectivity index (χ4n) is 1.39. The maximum atomic E-state index is 11.9. The molecule has 0 aromatic carbocycles. The Balaban J connectivity index is 2.92. The zero-order valence-electron chi connectivity index (χ0n) is 12.4. The van der Waals surface area contributed by atoms with Gasteiger partial charge in [-0.05, 0) is 39.8 Å². The van der Waals surface area contributed by atoms with Crippen LogP contribution in [0.5, 0.6) is 0 Å². The molecule has 1 rings (SSSR count). The Hall–Kier alpha value is -2.44. The Morgan fingerprint density at radius 3 is 2.52 bits per heavy atom. The normalized spacial score (nSPS) is 10.7. The smallest absolute Gasteiger partial charge is 0.412 e. The zero-order valence-corrected chi connectivity index (χ0v) is 12.4. The lowest BCUT2D eigenvalue weighted by Gasteiger charge is -2.20. The van der Waals surface area contributed by atoms with Gasteiger partial charge in [-0.25, -0.2) is 9.59 Å². The number of rotatable bonds is 4. The number of carbonyl (C=O) groups is 3. The van der Waals surface area contributed by atoms with E-state index in [-0.39, 0.29) is 18.0 Å². The monoisotopic (exact) mass is 294 g/mol. The second-order valence-corrected chi connectivity index (χ2v) is 5.08. The van der Waals surface area contributed by atoms with E-state index < -0.39 is 23.4 Å². The number of nitrogens with zero attached hydrogens (tertiary/aromatic N) is 1. The number of Topliss-reactive ketones (excluding diaryl/α,β-unsaturated/α-hetero) is 1. The second kappa shape index (κ2) is 6.83. The van der Waals surface area contributed by atoms with Gasteiger partial charge >= 0.3 is 12.1 Å². The van der Waals surface area contributed by atoms with Crippen LogP contribution >= 0.6 is 0 Å². The number of aromatic nitrogens is 1. The van der Waals surface area contributed by atoms with Gasteiger partial charge < -0.3 is 9.47 Å². The van der Waals surface area contributed by atoms with Crippen LogP contribution in [-0.4, -0.2) is 35.0 Å². The fourth-order valence-corrected chi connectivity index (χ4v) is 1.39. The van der Waals surface area contributed by atoms with E-state index in [1.54, 1.807) is 27.7 Å². The van der Waals surface area contributed by atoms with Crippen LogP contribution in [0.4, 0.5) is 10.5 Å². The lowest BCUT2D eigenvalue weighted by Crippen LogP contribution is -2.28. The molecule has 0 saturated heterocycles. The summed E-state index contributed by atoms with van der Waals surface area (Å²) in [5, 5.41) is 2.39. The maximum absolute atomic E-state index is 11.9. The van der Waals surface area contributed by atoms with E-state index in [9.17, 15) is 14.4 Å². The summed E-state index contributed by atoms with van der Waals surface area (Å²) in [5.41, 5.74) is -0.788. The molecule has 0 fully saturated rings. The molecule has 0 spiro atoms. The molecule has 0 radical (unpaired) electrons. The van der Waals surface area contributed by atoms with Gasteiger partial charge in [0.05, 0.1) is 12.3 Å². The molecule has 0 aliphatic carbocycles. The molecule has 1 aromatic rings. The van der Waals surface area contributed by atoms with Crippen molar-refractivity contribution in [2.24, 2.45) is 0 Å². The molecule has 1 heterocycles. The molecule has 0 aliphatic heterocycles. The summed E-state index contributed by atoms with van der Waals surface area (Å²) >= 11 is 0. The van der Waals surface area contributed by atoms with Crippen molar-refractivity contribution in [3.63, 3.8) is 0 Å². The molecular formula is C14H18N2O5. The van der Waals surface area contributed by atoms with Crippen molar-refractivity contribution in [3.05, 3.63) is 24.0 Å². The molecule has 114 valence electrons. The first-order valence-electron chi connectivity index (χ1n) is 6.41. The molecule has 0 aliphatic rings. The zero-order chi connectivity index (χ0) is 16.0. The number of esters is 1. The highest BCUT2D eigenvalue weighted by molar-refractivity contribution is 6.41. The standard InChI is InChI=1S/C14H18N2O5/c1-5-20-12(18)11(17)10-9(7-6-8-15-10)16-13(19)21-14(2,3)4/h6-8H,5H2,1-4H3,(H,16,19). The minimum atomic E-state index is -1.02. The number of carbonyl (C=O) groups excluding carboxylic acids is 3. The van der Waals surface area contributed by atoms with E-state index >= 15 is 0 Å². The lowest BCUT2D eigenvalue weighted by atomic mass is 10.2. The van der Waals surface area contributed by atoms with Crippen molar-refractivity contribution in [2.45, 2.75) is 33.3 Å². The largest absolute Gasteiger partial charge is 0.460 e. The molecule has 1 amide bonds. The maximum Gasteiger partial charge on any atom is 0.412 e. The van der Waals surface area contributed by atoms with E-state index in [2.05, 4.69) is 15.0 Å². The first-order valence-corrected chi connectivity index (χ1v) is 6.41. The third kappa shape index (κ3) is 5.21. The molecule has 1 aromatic heterocycles. The van der Waals surface area contributed by atoms with Gasteiger partial charge in [-0.2, -0.15) is 0 Å². The highest BCUT2D eigenvalue weighted by atomic mass is 16.6. The van der Waals surface area contributed by atoms with Gasteiger partial charge in [0.2, 0.25) is 0 Å². The molecular weight excluding hydrogens is 276 g/mol. The Kier molecular flexibility index (Phi) is 5.40. The summed E-state index contributed by atoms with van der Waals surface area (Å²) in [5.74, 6) is -1.95. The number of amides is 1. The number of anilines is 1. The molecule has 0 saturated carbocycles. The van der Waals surface area contributed by atoms with Gasteiger partial charge in [0.1, 0.15) is 11.3 Å². The molecule has 1 N–H and O–H groups in total. The molecule has 0 bridgehead atoms. The molecule has 7 heteroatoms. The van der Waals surface area contributed by atoms with Gasteiger partial charge in [-0.3, -0.25) is 15.1 Å². The Morgan fingerprint density at radius 1 is 1.29 bits per heavy atom. The Bertz CT molecular complexity index is 549. The topological polar surface area (TPSA) is 94.6 Å². The average molecular weight is 294 g/mol. The number of nitrogens with one attached hydrogen (secondary N) is 1. The number of ether oxygens (including phenoxy) is 2. The van der Waals surface area contributed by atoms with Crippen LogP contribution < -0.4 is 5.32 Å². The summed E-state index contributed by atoms with van der Waals surface area (Å²) in [7, 11) is 0. The minimum Gasteiger partial charge on any atom is -0.460 e. The van der Waals surface area contributed by atoms with Crippen molar-refractivity contribution < 1.29 is 23.9 Å². The van der Waals surface area contributed by atoms with E-state index in [4.69, 9.17) is 4.74 Å². The van der Waals surface area contributed by atoms with Gasteiger partial charge in [-0.15, -0.1) is 0 Å². The van der Waals surface area contributed by atoms with Crippen molar-refractivity contribution in [3.8, 4) is 0 Å². The summed E-state index contributed by atoms with van der Waals surface area (Å²) in [6.07, 6.45) is 0.598. The van der Waals surface area contributed by atoms with Gasteiger partial charge in [-0.1, -0.05) is 0 Å². The third-order valence-corrected chi connectivity index (χ3v) is 2.12. The molecule has 7 nitrogen and oxygen atoms in total. The van der Waals surface area contributed by atoms with Crippen molar-refractivity contribution in [1.29, 1.82) is 0 Å². The van der Waals surface area contributed by atoms with Crippen LogP contribution in [0.3, 0.4) is 0 Å². The van der Waals surface area contributed by atoms with Crippen LogP contribution in [-0.2, 0) is 14.3 Å². The van der Waals surface area contributed by atoms with Crippen LogP contribution in [0.15, 0.2) is 18.3 Å². The quantitative estimate of drug-likeness (QED) is 0.519. The molecule has 0 atom stereocenters. The number of ketones is 1. The third-order valence-electron chi connectivity index (χ3n) is 2.12. The second-order valence-electron chi connectivity index (χ2n) is 5.08. The van der Waals surface area contributed by atoms with Crippen LogP contribution in [0.1, 0.15) is 38.2 Å². The first kappa shape index (κ1) is 16.6. The number of hydrogen-bond acceptors (Lipinski definition) is 6. The minimum absolute atomic E-state index is 0.0756. The Morgan fingerprint density at radius 2 is 1.95 bits per heavy atom. The van der Waals surface area contributed by atoms with E-state index in [0.29, 0.717) is 0 Å². The van der Waals surface area contributed by atoms with Crippen molar-refractivity contribution >= 4 is 23.5 Å². The highest BCUT2D eigenvalue weighted by Crippen LogP contribution is 2.16. The first-order chi connectivity index (χ1) is 9.74. The predicted molar refractivity (Wildman–Crippen MR) is 75.1 cm³/mol. The van der Waals surface area contributed by atoms with Crippen LogP contribution in [0.25, 0.3) is 0 Å². The summed E-state index contributed by atoms with van der Waals surface area (Å²) < 4.78 is 9.71. The SMILES string of the molecule is CCOC(=O)C(=O)c1ncccc1NC(=O)OC(C)(C)C. The molecule has 21 heavy (non-hydrogen) atoms. The summed E-state index contributed by atoms with van der Waals surface area (Å²) in [6.45, 7) is 6.79. The lowest BCUT2D eigenvalue weighted by molar-refractivity contribution is -0.137. The number of hydrogen-bond donors (Lipinski definition) is 1. The summed E-state index contributed by atoms with van der Waals surface area (Å²) in [6, 6.07) is 2.97.